The highest BCUT2D eigenvalue weighted by atomic mass is 16.5. The second-order valence-electron chi connectivity index (χ2n) is 6.04. The van der Waals surface area contributed by atoms with Crippen LogP contribution in [0.5, 0.6) is 0 Å². The lowest BCUT2D eigenvalue weighted by atomic mass is 9.89. The molecule has 100 valence electrons. The molecule has 3 aliphatic rings. The summed E-state index contributed by atoms with van der Waals surface area (Å²) in [6, 6.07) is 0. The first kappa shape index (κ1) is 12.2. The van der Waals surface area contributed by atoms with Crippen molar-refractivity contribution in [3.63, 3.8) is 0 Å². The van der Waals surface area contributed by atoms with Crippen LogP contribution in [0.3, 0.4) is 0 Å². The van der Waals surface area contributed by atoms with Gasteiger partial charge in [-0.15, -0.1) is 0 Å². The zero-order valence-electron chi connectivity index (χ0n) is 11.2. The van der Waals surface area contributed by atoms with Gasteiger partial charge in [-0.3, -0.25) is 4.79 Å². The van der Waals surface area contributed by atoms with Crippen molar-refractivity contribution in [2.45, 2.75) is 51.2 Å². The smallest absolute Gasteiger partial charge is 0.226 e. The van der Waals surface area contributed by atoms with E-state index in [1.54, 1.807) is 0 Å². The molecule has 0 saturated carbocycles. The Balaban J connectivity index is 1.60. The van der Waals surface area contributed by atoms with Gasteiger partial charge in [0, 0.05) is 24.9 Å². The Morgan fingerprint density at radius 2 is 2.22 bits per heavy atom. The molecule has 2 fully saturated rings. The van der Waals surface area contributed by atoms with Gasteiger partial charge in [0.2, 0.25) is 5.91 Å². The molecule has 0 spiro atoms. The van der Waals surface area contributed by atoms with E-state index in [1.165, 1.54) is 0 Å². The minimum Gasteiger partial charge on any atom is -0.375 e. The number of fused-ring (bicyclic) bond motifs is 1. The minimum atomic E-state index is 0.242. The fourth-order valence-corrected chi connectivity index (χ4v) is 3.67. The van der Waals surface area contributed by atoms with Gasteiger partial charge in [-0.05, 0) is 39.0 Å². The van der Waals surface area contributed by atoms with Crippen LogP contribution in [0.4, 0.5) is 0 Å². The van der Waals surface area contributed by atoms with Crippen molar-refractivity contribution in [2.75, 3.05) is 13.1 Å². The first-order valence-corrected chi connectivity index (χ1v) is 7.33. The summed E-state index contributed by atoms with van der Waals surface area (Å²) in [5.41, 5.74) is 0. The number of nitrogens with zero attached hydrogens (tertiary/aromatic N) is 1. The zero-order valence-corrected chi connectivity index (χ0v) is 11.2. The summed E-state index contributed by atoms with van der Waals surface area (Å²) in [6.45, 7) is 3.97. The number of amides is 1. The number of hydrogen-bond donors (Lipinski definition) is 0. The summed E-state index contributed by atoms with van der Waals surface area (Å²) >= 11 is 0. The summed E-state index contributed by atoms with van der Waals surface area (Å²) < 4.78 is 5.89. The molecule has 0 radical (unpaired) electrons. The normalized spacial score (nSPS) is 39.7. The number of carbonyl (C=O) groups excluding carboxylic acids is 1. The van der Waals surface area contributed by atoms with Crippen molar-refractivity contribution < 1.29 is 9.53 Å². The topological polar surface area (TPSA) is 29.5 Å². The van der Waals surface area contributed by atoms with E-state index in [0.29, 0.717) is 24.0 Å². The zero-order chi connectivity index (χ0) is 12.5. The van der Waals surface area contributed by atoms with Gasteiger partial charge in [-0.25, -0.2) is 0 Å². The second kappa shape index (κ2) is 5.04. The van der Waals surface area contributed by atoms with Gasteiger partial charge >= 0.3 is 0 Å². The van der Waals surface area contributed by atoms with Gasteiger partial charge < -0.3 is 9.64 Å². The largest absolute Gasteiger partial charge is 0.375 e. The molecule has 0 aromatic carbocycles. The van der Waals surface area contributed by atoms with Crippen LogP contribution in [-0.4, -0.2) is 36.1 Å². The van der Waals surface area contributed by atoms with Crippen molar-refractivity contribution in [3.8, 4) is 0 Å². The van der Waals surface area contributed by atoms with Crippen LogP contribution in [0, 0.1) is 11.8 Å². The van der Waals surface area contributed by atoms with E-state index >= 15 is 0 Å². The standard InChI is InChI=1S/C15H23NO2/c1-11-9-13-10-16(8-7-14(13)18-11)15(17)12-5-3-2-4-6-12/h2-3,11-14H,4-10H2,1H3/t11-,12?,13-,14-/m1/s1. The quantitative estimate of drug-likeness (QED) is 0.668. The fourth-order valence-electron chi connectivity index (χ4n) is 3.67. The first-order valence-electron chi connectivity index (χ1n) is 7.33. The number of rotatable bonds is 1. The maximum atomic E-state index is 12.5. The molecule has 0 aromatic heterocycles. The van der Waals surface area contributed by atoms with E-state index in [4.69, 9.17) is 4.74 Å². The SMILES string of the molecule is C[C@@H]1C[C@@H]2CN(C(=O)C3CC=CCC3)CC[C@H]2O1. The lowest BCUT2D eigenvalue weighted by Gasteiger charge is -2.36. The molecule has 0 aromatic rings. The number of piperidine rings is 1. The summed E-state index contributed by atoms with van der Waals surface area (Å²) in [5.74, 6) is 1.21. The van der Waals surface area contributed by atoms with Crippen LogP contribution < -0.4 is 0 Å². The average Bonchev–Trinajstić information content (AvgIpc) is 2.78. The molecular weight excluding hydrogens is 226 g/mol. The molecule has 1 unspecified atom stereocenters. The Labute approximate surface area is 109 Å². The van der Waals surface area contributed by atoms with Crippen LogP contribution >= 0.6 is 0 Å². The molecule has 18 heavy (non-hydrogen) atoms. The molecule has 3 rings (SSSR count). The molecule has 4 atom stereocenters. The Kier molecular flexibility index (Phi) is 3.42. The minimum absolute atomic E-state index is 0.242. The van der Waals surface area contributed by atoms with Crippen molar-refractivity contribution in [2.24, 2.45) is 11.8 Å². The van der Waals surface area contributed by atoms with Crippen LogP contribution in [0.25, 0.3) is 0 Å². The molecule has 3 nitrogen and oxygen atoms in total. The summed E-state index contributed by atoms with van der Waals surface area (Å²) in [5, 5.41) is 0. The number of likely N-dealkylation sites (tertiary alicyclic amines) is 1. The fraction of sp³-hybridized carbons (Fsp3) is 0.800. The van der Waals surface area contributed by atoms with Crippen molar-refractivity contribution >= 4 is 5.91 Å². The van der Waals surface area contributed by atoms with Crippen LogP contribution in [0.15, 0.2) is 12.2 Å². The number of hydrogen-bond acceptors (Lipinski definition) is 2. The number of allylic oxidation sites excluding steroid dienone is 2. The Morgan fingerprint density at radius 1 is 1.33 bits per heavy atom. The van der Waals surface area contributed by atoms with Gasteiger partial charge in [-0.1, -0.05) is 12.2 Å². The maximum Gasteiger partial charge on any atom is 0.226 e. The first-order chi connectivity index (χ1) is 8.74. The summed E-state index contributed by atoms with van der Waals surface area (Å²) in [6.07, 6.45) is 10.4. The predicted octanol–water partition coefficient (Wildman–Crippen LogP) is 2.37. The Bertz CT molecular complexity index is 352. The predicted molar refractivity (Wildman–Crippen MR) is 70.1 cm³/mol. The molecule has 0 bridgehead atoms. The van der Waals surface area contributed by atoms with Crippen molar-refractivity contribution in [1.82, 2.24) is 4.90 Å². The highest BCUT2D eigenvalue weighted by Crippen LogP contribution is 2.33. The maximum absolute atomic E-state index is 12.5. The Hall–Kier alpha value is -0.830. The monoisotopic (exact) mass is 249 g/mol. The van der Waals surface area contributed by atoms with Gasteiger partial charge in [0.25, 0.3) is 0 Å². The van der Waals surface area contributed by atoms with Crippen LogP contribution in [-0.2, 0) is 9.53 Å². The lowest BCUT2D eigenvalue weighted by Crippen LogP contribution is -2.46. The van der Waals surface area contributed by atoms with Gasteiger partial charge in [0.1, 0.15) is 0 Å². The summed E-state index contributed by atoms with van der Waals surface area (Å²) in [4.78, 5) is 14.6. The van der Waals surface area contributed by atoms with Gasteiger partial charge in [-0.2, -0.15) is 0 Å². The van der Waals surface area contributed by atoms with E-state index in [2.05, 4.69) is 24.0 Å². The molecule has 3 heteroatoms. The second-order valence-corrected chi connectivity index (χ2v) is 6.04. The molecular formula is C15H23NO2. The van der Waals surface area contributed by atoms with E-state index < -0.39 is 0 Å². The molecule has 1 aliphatic carbocycles. The average molecular weight is 249 g/mol. The highest BCUT2D eigenvalue weighted by Gasteiger charge is 2.39. The van der Waals surface area contributed by atoms with Gasteiger partial charge in [0.15, 0.2) is 0 Å². The molecule has 2 heterocycles. The van der Waals surface area contributed by atoms with E-state index in [0.717, 1.165) is 45.2 Å². The number of carbonyl (C=O) groups is 1. The van der Waals surface area contributed by atoms with Crippen LogP contribution in [0.1, 0.15) is 39.0 Å². The van der Waals surface area contributed by atoms with Gasteiger partial charge in [0.05, 0.1) is 12.2 Å². The third-order valence-corrected chi connectivity index (χ3v) is 4.64. The van der Waals surface area contributed by atoms with E-state index in [-0.39, 0.29) is 5.92 Å². The van der Waals surface area contributed by atoms with Crippen LogP contribution in [0.2, 0.25) is 0 Å². The number of ether oxygens (including phenoxy) is 1. The third kappa shape index (κ3) is 2.33. The summed E-state index contributed by atoms with van der Waals surface area (Å²) in [7, 11) is 0. The Morgan fingerprint density at radius 3 is 3.00 bits per heavy atom. The highest BCUT2D eigenvalue weighted by molar-refractivity contribution is 5.79. The molecule has 2 saturated heterocycles. The van der Waals surface area contributed by atoms with Crippen molar-refractivity contribution in [1.29, 1.82) is 0 Å². The molecule has 0 N–H and O–H groups in total. The molecule has 2 aliphatic heterocycles. The molecule has 1 amide bonds. The van der Waals surface area contributed by atoms with Crippen molar-refractivity contribution in [3.05, 3.63) is 12.2 Å². The van der Waals surface area contributed by atoms with E-state index in [1.807, 2.05) is 0 Å². The lowest BCUT2D eigenvalue weighted by molar-refractivity contribution is -0.139. The third-order valence-electron chi connectivity index (χ3n) is 4.64. The van der Waals surface area contributed by atoms with E-state index in [9.17, 15) is 4.79 Å².